The van der Waals surface area contributed by atoms with Crippen LogP contribution in [0.15, 0.2) is 36.4 Å². The molecule has 7 heteroatoms. The number of fused-ring (bicyclic) bond motifs is 1. The summed E-state index contributed by atoms with van der Waals surface area (Å²) >= 11 is 7.36. The van der Waals surface area contributed by atoms with Crippen molar-refractivity contribution in [1.82, 2.24) is 4.98 Å². The fraction of sp³-hybridized carbons (Fsp3) is 0.0667. The first kappa shape index (κ1) is 14.7. The number of aromatic nitrogens is 1. The van der Waals surface area contributed by atoms with Crippen molar-refractivity contribution in [2.24, 2.45) is 0 Å². The average Bonchev–Trinajstić information content (AvgIpc) is 2.92. The van der Waals surface area contributed by atoms with Crippen molar-refractivity contribution in [3.05, 3.63) is 52.8 Å². The van der Waals surface area contributed by atoms with Crippen LogP contribution in [-0.2, 0) is 0 Å². The molecule has 0 saturated carbocycles. The Hall–Kier alpha value is -2.18. The van der Waals surface area contributed by atoms with Crippen LogP contribution in [-0.4, -0.2) is 18.0 Å². The first-order valence-corrected chi connectivity index (χ1v) is 7.48. The summed E-state index contributed by atoms with van der Waals surface area (Å²) in [5.74, 6) is -0.336. The van der Waals surface area contributed by atoms with Gasteiger partial charge in [-0.2, -0.15) is 0 Å². The van der Waals surface area contributed by atoms with Gasteiger partial charge in [0, 0.05) is 5.56 Å². The Morgan fingerprint density at radius 1 is 1.36 bits per heavy atom. The molecule has 0 aliphatic heterocycles. The number of carbonyl (C=O) groups is 1. The maximum absolute atomic E-state index is 13.2. The summed E-state index contributed by atoms with van der Waals surface area (Å²) in [4.78, 5) is 16.4. The monoisotopic (exact) mass is 336 g/mol. The molecule has 0 radical (unpaired) electrons. The van der Waals surface area contributed by atoms with Crippen LogP contribution < -0.4 is 10.1 Å². The molecule has 4 nitrogen and oxygen atoms in total. The highest BCUT2D eigenvalue weighted by Crippen LogP contribution is 2.37. The van der Waals surface area contributed by atoms with Gasteiger partial charge in [-0.05, 0) is 30.3 Å². The van der Waals surface area contributed by atoms with Crippen molar-refractivity contribution in [1.29, 1.82) is 0 Å². The smallest absolute Gasteiger partial charge is 0.257 e. The fourth-order valence-corrected chi connectivity index (χ4v) is 3.12. The van der Waals surface area contributed by atoms with Gasteiger partial charge in [-0.25, -0.2) is 9.37 Å². The van der Waals surface area contributed by atoms with Gasteiger partial charge in [0.15, 0.2) is 5.13 Å². The molecule has 22 heavy (non-hydrogen) atoms. The Labute approximate surface area is 134 Å². The zero-order valence-corrected chi connectivity index (χ0v) is 13.0. The minimum atomic E-state index is -0.471. The number of hydrogen-bond donors (Lipinski definition) is 1. The molecule has 0 fully saturated rings. The molecule has 2 aromatic carbocycles. The maximum Gasteiger partial charge on any atom is 0.257 e. The van der Waals surface area contributed by atoms with Gasteiger partial charge >= 0.3 is 0 Å². The van der Waals surface area contributed by atoms with Crippen molar-refractivity contribution in [3.8, 4) is 5.75 Å². The summed E-state index contributed by atoms with van der Waals surface area (Å²) in [6, 6.07) is 8.86. The lowest BCUT2D eigenvalue weighted by atomic mass is 10.2. The van der Waals surface area contributed by atoms with Crippen LogP contribution in [0.5, 0.6) is 5.75 Å². The minimum Gasteiger partial charge on any atom is -0.494 e. The second-order valence-electron chi connectivity index (χ2n) is 4.41. The van der Waals surface area contributed by atoms with E-state index < -0.39 is 11.7 Å². The molecule has 0 aliphatic carbocycles. The quantitative estimate of drug-likeness (QED) is 0.773. The van der Waals surface area contributed by atoms with Crippen molar-refractivity contribution in [3.63, 3.8) is 0 Å². The van der Waals surface area contributed by atoms with E-state index in [-0.39, 0.29) is 5.56 Å². The van der Waals surface area contributed by atoms with Crippen LogP contribution in [0.4, 0.5) is 9.52 Å². The molecule has 3 rings (SSSR count). The van der Waals surface area contributed by atoms with Crippen molar-refractivity contribution in [2.45, 2.75) is 0 Å². The molecular formula is C15H10ClFN2O2S. The van der Waals surface area contributed by atoms with E-state index >= 15 is 0 Å². The highest BCUT2D eigenvalue weighted by Gasteiger charge is 2.14. The van der Waals surface area contributed by atoms with Gasteiger partial charge in [-0.3, -0.25) is 10.1 Å². The number of hydrogen-bond acceptors (Lipinski definition) is 4. The number of carbonyl (C=O) groups excluding carboxylic acids is 1. The van der Waals surface area contributed by atoms with Gasteiger partial charge in [-0.15, -0.1) is 0 Å². The standard InChI is InChI=1S/C15H10ClFN2O2S/c1-21-11-6-5-10(16)13-12(11)18-15(22-13)19-14(20)8-3-2-4-9(17)7-8/h2-7H,1H3,(H,18,19,20). The maximum atomic E-state index is 13.2. The number of ether oxygens (including phenoxy) is 1. The largest absolute Gasteiger partial charge is 0.494 e. The molecule has 0 bridgehead atoms. The van der Waals surface area contributed by atoms with E-state index in [0.29, 0.717) is 21.4 Å². The van der Waals surface area contributed by atoms with Gasteiger partial charge in [0.1, 0.15) is 17.1 Å². The van der Waals surface area contributed by atoms with Crippen LogP contribution in [0, 0.1) is 5.82 Å². The molecule has 3 aromatic rings. The van der Waals surface area contributed by atoms with Gasteiger partial charge < -0.3 is 4.74 Å². The van der Waals surface area contributed by atoms with Crippen LogP contribution >= 0.6 is 22.9 Å². The van der Waals surface area contributed by atoms with Crippen molar-refractivity contribution < 1.29 is 13.9 Å². The van der Waals surface area contributed by atoms with E-state index in [1.807, 2.05) is 0 Å². The third-order valence-electron chi connectivity index (χ3n) is 2.99. The Balaban J connectivity index is 1.94. The molecular weight excluding hydrogens is 327 g/mol. The molecule has 1 amide bonds. The first-order chi connectivity index (χ1) is 10.6. The molecule has 1 heterocycles. The summed E-state index contributed by atoms with van der Waals surface area (Å²) < 4.78 is 19.1. The highest BCUT2D eigenvalue weighted by atomic mass is 35.5. The van der Waals surface area contributed by atoms with Gasteiger partial charge in [0.2, 0.25) is 0 Å². The molecule has 0 unspecified atom stereocenters. The predicted octanol–water partition coefficient (Wildman–Crippen LogP) is 4.35. The number of nitrogens with zero attached hydrogens (tertiary/aromatic N) is 1. The number of thiazole rings is 1. The molecule has 1 N–H and O–H groups in total. The number of methoxy groups -OCH3 is 1. The normalized spacial score (nSPS) is 10.7. The average molecular weight is 337 g/mol. The van der Waals surface area contributed by atoms with Crippen molar-refractivity contribution >= 4 is 44.2 Å². The van der Waals surface area contributed by atoms with Crippen molar-refractivity contribution in [2.75, 3.05) is 12.4 Å². The second-order valence-corrected chi connectivity index (χ2v) is 5.82. The topological polar surface area (TPSA) is 51.2 Å². The Kier molecular flexibility index (Phi) is 3.96. The summed E-state index contributed by atoms with van der Waals surface area (Å²) in [5.41, 5.74) is 0.798. The molecule has 0 spiro atoms. The SMILES string of the molecule is COc1ccc(Cl)c2sc(NC(=O)c3cccc(F)c3)nc12. The zero-order valence-electron chi connectivity index (χ0n) is 11.4. The van der Waals surface area contributed by atoms with Crippen LogP contribution in [0.2, 0.25) is 5.02 Å². The number of benzene rings is 2. The van der Waals surface area contributed by atoms with Crippen LogP contribution in [0.1, 0.15) is 10.4 Å². The van der Waals surface area contributed by atoms with E-state index in [1.54, 1.807) is 12.1 Å². The first-order valence-electron chi connectivity index (χ1n) is 6.28. The summed E-state index contributed by atoms with van der Waals surface area (Å²) in [6.45, 7) is 0. The number of halogens is 2. The van der Waals surface area contributed by atoms with E-state index in [0.717, 1.165) is 10.8 Å². The highest BCUT2D eigenvalue weighted by molar-refractivity contribution is 7.23. The van der Waals surface area contributed by atoms with Gasteiger partial charge in [0.25, 0.3) is 5.91 Å². The van der Waals surface area contributed by atoms with Crippen LogP contribution in [0.25, 0.3) is 10.2 Å². The van der Waals surface area contributed by atoms with E-state index in [2.05, 4.69) is 10.3 Å². The summed E-state index contributed by atoms with van der Waals surface area (Å²) in [7, 11) is 1.53. The van der Waals surface area contributed by atoms with Crippen LogP contribution in [0.3, 0.4) is 0 Å². The third kappa shape index (κ3) is 2.75. The summed E-state index contributed by atoms with van der Waals surface area (Å²) in [6.07, 6.45) is 0. The Morgan fingerprint density at radius 3 is 2.91 bits per heavy atom. The number of rotatable bonds is 3. The molecule has 0 atom stereocenters. The lowest BCUT2D eigenvalue weighted by Crippen LogP contribution is -2.11. The Bertz CT molecular complexity index is 866. The van der Waals surface area contributed by atoms with Gasteiger partial charge in [-0.1, -0.05) is 29.0 Å². The zero-order chi connectivity index (χ0) is 15.7. The molecule has 0 aliphatic rings. The lowest BCUT2D eigenvalue weighted by Gasteiger charge is -2.01. The van der Waals surface area contributed by atoms with E-state index in [1.165, 1.54) is 36.6 Å². The predicted molar refractivity (Wildman–Crippen MR) is 85.5 cm³/mol. The minimum absolute atomic E-state index is 0.220. The van der Waals surface area contributed by atoms with E-state index in [9.17, 15) is 9.18 Å². The molecule has 1 aromatic heterocycles. The van der Waals surface area contributed by atoms with E-state index in [4.69, 9.17) is 16.3 Å². The number of anilines is 1. The molecule has 112 valence electrons. The lowest BCUT2D eigenvalue weighted by molar-refractivity contribution is 0.102. The number of amides is 1. The third-order valence-corrected chi connectivity index (χ3v) is 4.42. The number of nitrogens with one attached hydrogen (secondary N) is 1. The second kappa shape index (κ2) is 5.90. The summed E-state index contributed by atoms with van der Waals surface area (Å²) in [5, 5.41) is 3.54. The molecule has 0 saturated heterocycles. The Morgan fingerprint density at radius 2 is 2.18 bits per heavy atom. The fourth-order valence-electron chi connectivity index (χ4n) is 1.97. The van der Waals surface area contributed by atoms with Gasteiger partial charge in [0.05, 0.1) is 16.8 Å².